The van der Waals surface area contributed by atoms with Crippen molar-refractivity contribution in [2.45, 2.75) is 120 Å². The Bertz CT molecular complexity index is 3360. The molecule has 2 fully saturated rings. The summed E-state index contributed by atoms with van der Waals surface area (Å²) < 4.78 is 67.5. The number of likely N-dealkylation sites (tertiary alicyclic amines) is 1. The molecule has 1 unspecified atom stereocenters. The zero-order chi connectivity index (χ0) is 51.2. The number of piperidine rings is 1. The van der Waals surface area contributed by atoms with Crippen LogP contribution in [0, 0.1) is 11.7 Å². The third-order valence-corrected chi connectivity index (χ3v) is 16.9. The number of nitrogens with zero attached hydrogens (tertiary/aromatic N) is 9. The zero-order valence-electron chi connectivity index (χ0n) is 41.8. The van der Waals surface area contributed by atoms with E-state index in [4.69, 9.17) is 14.2 Å². The van der Waals surface area contributed by atoms with E-state index in [1.54, 1.807) is 40.8 Å². The normalized spacial score (nSPS) is 18.1. The Morgan fingerprint density at radius 1 is 0.972 bits per heavy atom. The van der Waals surface area contributed by atoms with Gasteiger partial charge < -0.3 is 19.5 Å². The van der Waals surface area contributed by atoms with E-state index in [1.165, 1.54) is 33.6 Å². The molecule has 0 radical (unpaired) electrons. The van der Waals surface area contributed by atoms with E-state index < -0.39 is 35.7 Å². The first-order valence-corrected chi connectivity index (χ1v) is 29.6. The third-order valence-electron chi connectivity index (χ3n) is 13.4. The Morgan fingerprint density at radius 2 is 1.75 bits per heavy atom. The van der Waals surface area contributed by atoms with Crippen molar-refractivity contribution in [1.29, 1.82) is 0 Å². The second-order valence-electron chi connectivity index (χ2n) is 20.2. The SMILES string of the molecule is CCOC(C)n1cc(-c2ncn3nc(Nc4ccc(S(=O)(=O)c5cccc(CC6CC(c7ccc8c(c7)n(C)c(=O)n8[C@H]7CCC(=O)N(COCC[Si](C)(C)C)C7=O)C6)c5)cc4F)nc3c2OC(C)C)cn1. The van der Waals surface area contributed by atoms with Crippen molar-refractivity contribution in [3.05, 3.63) is 107 Å². The molecule has 0 spiro atoms. The zero-order valence-corrected chi connectivity index (χ0v) is 43.6. The van der Waals surface area contributed by atoms with Crippen LogP contribution >= 0.6 is 0 Å². The minimum absolute atomic E-state index is 0.0273. The Morgan fingerprint density at radius 3 is 2.49 bits per heavy atom. The molecule has 1 aliphatic carbocycles. The highest BCUT2D eigenvalue weighted by atomic mass is 32.2. The topological polar surface area (TPSA) is 199 Å². The lowest BCUT2D eigenvalue weighted by molar-refractivity contribution is -0.157. The van der Waals surface area contributed by atoms with Gasteiger partial charge >= 0.3 is 5.69 Å². The smallest absolute Gasteiger partial charge is 0.329 e. The number of halogens is 1. The molecule has 1 N–H and O–H groups in total. The lowest BCUT2D eigenvalue weighted by atomic mass is 9.69. The van der Waals surface area contributed by atoms with Gasteiger partial charge in [0.25, 0.3) is 5.91 Å². The lowest BCUT2D eigenvalue weighted by Gasteiger charge is -2.36. The number of rotatable bonds is 19. The number of aryl methyl sites for hydroxylation is 1. The van der Waals surface area contributed by atoms with Crippen LogP contribution in [0.5, 0.6) is 5.75 Å². The van der Waals surface area contributed by atoms with E-state index in [2.05, 4.69) is 45.1 Å². The number of imide groups is 1. The van der Waals surface area contributed by atoms with Gasteiger partial charge in [0.1, 0.15) is 36.8 Å². The maximum atomic E-state index is 15.8. The number of anilines is 2. The summed E-state index contributed by atoms with van der Waals surface area (Å²) in [6.45, 7) is 15.1. The van der Waals surface area contributed by atoms with Crippen LogP contribution < -0.4 is 15.7 Å². The highest BCUT2D eigenvalue weighted by Crippen LogP contribution is 2.44. The van der Waals surface area contributed by atoms with Gasteiger partial charge in [0, 0.05) is 46.5 Å². The molecule has 5 heterocycles. The monoisotopic (exact) mass is 1020 g/mol. The number of ether oxygens (including phenoxy) is 3. The molecule has 9 rings (SSSR count). The van der Waals surface area contributed by atoms with Crippen LogP contribution in [0.4, 0.5) is 16.0 Å². The number of benzene rings is 3. The predicted octanol–water partition coefficient (Wildman–Crippen LogP) is 8.44. The van der Waals surface area contributed by atoms with E-state index in [0.29, 0.717) is 53.3 Å². The summed E-state index contributed by atoms with van der Waals surface area (Å²) in [5.74, 6) is -0.623. The number of carbonyl (C=O) groups is 2. The van der Waals surface area contributed by atoms with Crippen molar-refractivity contribution in [2.24, 2.45) is 13.0 Å². The summed E-state index contributed by atoms with van der Waals surface area (Å²) in [5.41, 5.74) is 4.42. The lowest BCUT2D eigenvalue weighted by Crippen LogP contribution is -2.48. The van der Waals surface area contributed by atoms with Crippen molar-refractivity contribution in [3.8, 4) is 17.0 Å². The van der Waals surface area contributed by atoms with Crippen LogP contribution in [0.1, 0.15) is 82.7 Å². The number of aromatic nitrogens is 8. The summed E-state index contributed by atoms with van der Waals surface area (Å²) in [6.07, 6.45) is 7.16. The van der Waals surface area contributed by atoms with Crippen molar-refractivity contribution in [2.75, 3.05) is 25.3 Å². The number of sulfone groups is 1. The third kappa shape index (κ3) is 10.2. The van der Waals surface area contributed by atoms with E-state index in [9.17, 15) is 22.8 Å². The van der Waals surface area contributed by atoms with Crippen molar-refractivity contribution in [1.82, 2.24) is 43.4 Å². The Labute approximate surface area is 418 Å². The molecular formula is C51H61FN10O8SSi. The van der Waals surface area contributed by atoms with Gasteiger partial charge in [0.15, 0.2) is 5.75 Å². The first-order chi connectivity index (χ1) is 34.3. The number of carbonyl (C=O) groups excluding carboxylic acids is 2. The van der Waals surface area contributed by atoms with Gasteiger partial charge in [-0.2, -0.15) is 14.6 Å². The van der Waals surface area contributed by atoms with Crippen LogP contribution in [0.25, 0.3) is 27.9 Å². The average molecular weight is 1020 g/mol. The van der Waals surface area contributed by atoms with Crippen LogP contribution in [0.3, 0.4) is 0 Å². The molecule has 1 saturated carbocycles. The first kappa shape index (κ1) is 50.4. The first-order valence-electron chi connectivity index (χ1n) is 24.4. The molecule has 4 aromatic heterocycles. The average Bonchev–Trinajstić information content (AvgIpc) is 4.04. The molecule has 380 valence electrons. The fraction of sp³-hybridized carbons (Fsp3) is 0.431. The van der Waals surface area contributed by atoms with Gasteiger partial charge in [0.2, 0.25) is 27.3 Å². The Balaban J connectivity index is 0.847. The Hall–Kier alpha value is -6.55. The minimum Gasteiger partial charge on any atom is -0.485 e. The molecule has 2 atom stereocenters. The second kappa shape index (κ2) is 20.2. The number of fused-ring (bicyclic) bond motifs is 2. The van der Waals surface area contributed by atoms with Gasteiger partial charge in [-0.05, 0) is 125 Å². The van der Waals surface area contributed by atoms with Crippen molar-refractivity contribution >= 4 is 58.0 Å². The van der Waals surface area contributed by atoms with Gasteiger partial charge in [-0.3, -0.25) is 23.6 Å². The van der Waals surface area contributed by atoms with E-state index >= 15 is 4.39 Å². The van der Waals surface area contributed by atoms with Crippen LogP contribution in [0.15, 0.2) is 94.0 Å². The highest BCUT2D eigenvalue weighted by Gasteiger charge is 2.38. The quantitative estimate of drug-likeness (QED) is 0.0460. The predicted molar refractivity (Wildman–Crippen MR) is 271 cm³/mol. The van der Waals surface area contributed by atoms with Crippen LogP contribution in [-0.4, -0.2) is 97.8 Å². The van der Waals surface area contributed by atoms with Gasteiger partial charge in [-0.25, -0.2) is 27.3 Å². The summed E-state index contributed by atoms with van der Waals surface area (Å²) >= 11 is 0. The second-order valence-corrected chi connectivity index (χ2v) is 27.8. The molecule has 3 aromatic carbocycles. The number of nitrogens with one attached hydrogen (secondary N) is 1. The minimum atomic E-state index is -4.10. The molecule has 7 aromatic rings. The molecular weight excluding hydrogens is 960 g/mol. The number of amides is 2. The molecule has 18 nitrogen and oxygen atoms in total. The van der Waals surface area contributed by atoms with Gasteiger partial charge in [-0.15, -0.1) is 5.10 Å². The standard InChI is InChI=1S/C51H61FN10O8SSi/c1-9-69-32(4)60-28-37(27-54-60)46-47(70-31(2)3)48-56-50(57-61(48)29-53-46)55-41-15-14-39(26-40(41)52)71(66,67)38-12-10-11-33(24-38)21-34-22-36(23-34)35-13-16-42-44(25-35)58(5)51(65)62(42)43-17-18-45(63)59(49(43)64)30-68-19-20-72(6,7)8/h10-16,24-29,31-32,34,36,43H,9,17-23,30H2,1-8H3,(H,55,57)/t32?,34?,36?,43-/m0/s1. The summed E-state index contributed by atoms with van der Waals surface area (Å²) in [4.78, 5) is 50.4. The van der Waals surface area contributed by atoms with Crippen LogP contribution in [-0.2, 0) is 42.4 Å². The molecule has 21 heteroatoms. The molecule has 1 saturated heterocycles. The maximum Gasteiger partial charge on any atom is 0.329 e. The fourth-order valence-electron chi connectivity index (χ4n) is 9.45. The number of hydrogen-bond donors (Lipinski definition) is 1. The maximum absolute atomic E-state index is 15.8. The summed E-state index contributed by atoms with van der Waals surface area (Å²) in [6, 6.07) is 16.5. The van der Waals surface area contributed by atoms with E-state index in [0.717, 1.165) is 41.0 Å². The summed E-state index contributed by atoms with van der Waals surface area (Å²) in [5, 5.41) is 11.8. The number of imidazole rings is 1. The molecule has 0 bridgehead atoms. The summed E-state index contributed by atoms with van der Waals surface area (Å²) in [7, 11) is -3.76. The molecule has 2 aliphatic rings. The fourth-order valence-corrected chi connectivity index (χ4v) is 11.5. The van der Waals surface area contributed by atoms with Crippen molar-refractivity contribution in [3.63, 3.8) is 0 Å². The van der Waals surface area contributed by atoms with Crippen molar-refractivity contribution < 1.29 is 36.6 Å². The largest absolute Gasteiger partial charge is 0.485 e. The molecule has 2 amide bonds. The molecule has 1 aliphatic heterocycles. The Kier molecular flexibility index (Phi) is 14.1. The molecule has 72 heavy (non-hydrogen) atoms. The van der Waals surface area contributed by atoms with Gasteiger partial charge in [0.05, 0.1) is 38.8 Å². The van der Waals surface area contributed by atoms with Gasteiger partial charge in [-0.1, -0.05) is 37.8 Å². The van der Waals surface area contributed by atoms with Crippen LogP contribution in [0.2, 0.25) is 25.7 Å². The highest BCUT2D eigenvalue weighted by molar-refractivity contribution is 7.91. The number of hydrogen-bond acceptors (Lipinski definition) is 13. The van der Waals surface area contributed by atoms with E-state index in [1.807, 2.05) is 52.0 Å². The van der Waals surface area contributed by atoms with E-state index in [-0.39, 0.29) is 76.8 Å².